The summed E-state index contributed by atoms with van der Waals surface area (Å²) in [5.74, 6) is 0. The molecule has 0 aromatic heterocycles. The summed E-state index contributed by atoms with van der Waals surface area (Å²) in [7, 11) is 0. The Morgan fingerprint density at radius 3 is 2.62 bits per heavy atom. The maximum atomic E-state index is 9.42. The molecule has 1 aromatic rings. The summed E-state index contributed by atoms with van der Waals surface area (Å²) in [5, 5.41) is 18.8. The number of benzene rings is 1. The lowest BCUT2D eigenvalue weighted by Gasteiger charge is -2.32. The van der Waals surface area contributed by atoms with E-state index < -0.39 is 0 Å². The van der Waals surface area contributed by atoms with E-state index in [1.807, 2.05) is 6.07 Å². The van der Waals surface area contributed by atoms with Crippen LogP contribution in [0.25, 0.3) is 0 Å². The van der Waals surface area contributed by atoms with Crippen LogP contribution in [-0.4, -0.2) is 24.3 Å². The normalized spacial score (nSPS) is 17.2. The highest BCUT2D eigenvalue weighted by Crippen LogP contribution is 2.29. The number of anilines is 1. The second kappa shape index (κ2) is 4.73. The predicted octanol–water partition coefficient (Wildman–Crippen LogP) is 2.17. The van der Waals surface area contributed by atoms with Gasteiger partial charge in [-0.15, -0.1) is 0 Å². The van der Waals surface area contributed by atoms with Gasteiger partial charge in [0.05, 0.1) is 28.4 Å². The summed E-state index contributed by atoms with van der Waals surface area (Å²) in [5.41, 5.74) is 1.53. The molecule has 2 rings (SSSR count). The Morgan fingerprint density at radius 1 is 1.38 bits per heavy atom. The van der Waals surface area contributed by atoms with Crippen LogP contribution in [-0.2, 0) is 0 Å². The van der Waals surface area contributed by atoms with Crippen molar-refractivity contribution in [3.8, 4) is 6.07 Å². The molecule has 0 unspecified atom stereocenters. The highest BCUT2D eigenvalue weighted by Gasteiger charge is 2.18. The standard InChI is InChI=1S/C12H13ClN2O/c13-11-7-9(8-14)1-2-12(11)15-5-3-10(16)4-6-15/h1-2,7,10,16H,3-6H2. The molecule has 4 heteroatoms. The number of nitriles is 1. The van der Waals surface area contributed by atoms with Crippen molar-refractivity contribution in [2.45, 2.75) is 18.9 Å². The first kappa shape index (κ1) is 11.3. The molecule has 0 radical (unpaired) electrons. The van der Waals surface area contributed by atoms with E-state index in [1.54, 1.807) is 12.1 Å². The monoisotopic (exact) mass is 236 g/mol. The lowest BCUT2D eigenvalue weighted by atomic mass is 10.1. The number of halogens is 1. The minimum Gasteiger partial charge on any atom is -0.393 e. The van der Waals surface area contributed by atoms with Gasteiger partial charge in [-0.3, -0.25) is 0 Å². The molecule has 0 amide bonds. The summed E-state index contributed by atoms with van der Waals surface area (Å²) >= 11 is 6.12. The SMILES string of the molecule is N#Cc1ccc(N2CCC(O)CC2)c(Cl)c1. The zero-order chi connectivity index (χ0) is 11.5. The predicted molar refractivity (Wildman–Crippen MR) is 63.6 cm³/mol. The van der Waals surface area contributed by atoms with E-state index in [0.717, 1.165) is 31.6 Å². The van der Waals surface area contributed by atoms with Gasteiger partial charge in [0.2, 0.25) is 0 Å². The van der Waals surface area contributed by atoms with Crippen molar-refractivity contribution >= 4 is 17.3 Å². The zero-order valence-corrected chi connectivity index (χ0v) is 9.61. The van der Waals surface area contributed by atoms with E-state index >= 15 is 0 Å². The van der Waals surface area contributed by atoms with Crippen LogP contribution in [0.1, 0.15) is 18.4 Å². The number of aliphatic hydroxyl groups is 1. The van der Waals surface area contributed by atoms with Crippen LogP contribution in [0.15, 0.2) is 18.2 Å². The Morgan fingerprint density at radius 2 is 2.06 bits per heavy atom. The van der Waals surface area contributed by atoms with Gasteiger partial charge in [-0.2, -0.15) is 5.26 Å². The van der Waals surface area contributed by atoms with E-state index in [9.17, 15) is 5.11 Å². The number of rotatable bonds is 1. The molecular weight excluding hydrogens is 224 g/mol. The van der Waals surface area contributed by atoms with Crippen LogP contribution < -0.4 is 4.90 Å². The third-order valence-electron chi connectivity index (χ3n) is 2.88. The minimum atomic E-state index is -0.187. The first-order chi connectivity index (χ1) is 7.70. The fourth-order valence-corrected chi connectivity index (χ4v) is 2.24. The van der Waals surface area contributed by atoms with Crippen molar-refractivity contribution in [2.75, 3.05) is 18.0 Å². The lowest BCUT2D eigenvalue weighted by molar-refractivity contribution is 0.145. The molecule has 0 saturated carbocycles. The Balaban J connectivity index is 2.18. The number of nitrogens with zero attached hydrogens (tertiary/aromatic N) is 2. The van der Waals surface area contributed by atoms with E-state index in [0.29, 0.717) is 10.6 Å². The van der Waals surface area contributed by atoms with Gasteiger partial charge < -0.3 is 10.0 Å². The largest absolute Gasteiger partial charge is 0.393 e. The Kier molecular flexibility index (Phi) is 3.33. The minimum absolute atomic E-state index is 0.187. The molecule has 1 heterocycles. The van der Waals surface area contributed by atoms with Crippen LogP contribution in [0.3, 0.4) is 0 Å². The molecule has 3 nitrogen and oxygen atoms in total. The van der Waals surface area contributed by atoms with Crippen LogP contribution in [0.4, 0.5) is 5.69 Å². The Bertz CT molecular complexity index is 420. The third kappa shape index (κ3) is 2.29. The Labute approximate surface area is 99.9 Å². The molecule has 84 valence electrons. The van der Waals surface area contributed by atoms with Gasteiger partial charge in [0.25, 0.3) is 0 Å². The second-order valence-electron chi connectivity index (χ2n) is 4.00. The molecule has 1 fully saturated rings. The van der Waals surface area contributed by atoms with Crippen LogP contribution in [0, 0.1) is 11.3 Å². The van der Waals surface area contributed by atoms with E-state index in [-0.39, 0.29) is 6.10 Å². The average molecular weight is 237 g/mol. The fourth-order valence-electron chi connectivity index (χ4n) is 1.94. The first-order valence-corrected chi connectivity index (χ1v) is 5.71. The lowest BCUT2D eigenvalue weighted by Crippen LogP contribution is -2.35. The highest BCUT2D eigenvalue weighted by molar-refractivity contribution is 6.33. The van der Waals surface area contributed by atoms with Crippen LogP contribution in [0.5, 0.6) is 0 Å². The van der Waals surface area contributed by atoms with E-state index in [4.69, 9.17) is 16.9 Å². The van der Waals surface area contributed by atoms with Crippen LogP contribution in [0.2, 0.25) is 5.02 Å². The van der Waals surface area contributed by atoms with Gasteiger partial charge in [0.1, 0.15) is 0 Å². The topological polar surface area (TPSA) is 47.3 Å². The molecule has 0 spiro atoms. The van der Waals surface area contributed by atoms with Gasteiger partial charge in [0.15, 0.2) is 0 Å². The van der Waals surface area contributed by atoms with E-state index in [2.05, 4.69) is 11.0 Å². The summed E-state index contributed by atoms with van der Waals surface area (Å²) in [4.78, 5) is 2.15. The number of aliphatic hydroxyl groups excluding tert-OH is 1. The molecule has 0 aliphatic carbocycles. The molecular formula is C12H13ClN2O. The van der Waals surface area contributed by atoms with Crippen molar-refractivity contribution < 1.29 is 5.11 Å². The highest BCUT2D eigenvalue weighted by atomic mass is 35.5. The number of hydrogen-bond donors (Lipinski definition) is 1. The van der Waals surface area contributed by atoms with E-state index in [1.165, 1.54) is 0 Å². The number of piperidine rings is 1. The van der Waals surface area contributed by atoms with Gasteiger partial charge in [-0.1, -0.05) is 11.6 Å². The quantitative estimate of drug-likeness (QED) is 0.813. The van der Waals surface area contributed by atoms with Crippen molar-refractivity contribution in [1.82, 2.24) is 0 Å². The zero-order valence-electron chi connectivity index (χ0n) is 8.86. The second-order valence-corrected chi connectivity index (χ2v) is 4.40. The van der Waals surface area contributed by atoms with Crippen molar-refractivity contribution in [2.24, 2.45) is 0 Å². The van der Waals surface area contributed by atoms with Crippen molar-refractivity contribution in [1.29, 1.82) is 5.26 Å². The summed E-state index contributed by atoms with van der Waals surface area (Å²) in [6.45, 7) is 1.62. The molecule has 1 aliphatic rings. The Hall–Kier alpha value is -1.24. The van der Waals surface area contributed by atoms with Crippen molar-refractivity contribution in [3.05, 3.63) is 28.8 Å². The smallest absolute Gasteiger partial charge is 0.0992 e. The molecule has 1 saturated heterocycles. The third-order valence-corrected chi connectivity index (χ3v) is 3.18. The van der Waals surface area contributed by atoms with Gasteiger partial charge in [-0.05, 0) is 31.0 Å². The molecule has 1 aromatic carbocycles. The summed E-state index contributed by atoms with van der Waals surface area (Å²) in [6, 6.07) is 7.39. The van der Waals surface area contributed by atoms with Crippen LogP contribution >= 0.6 is 11.6 Å². The molecule has 0 atom stereocenters. The maximum Gasteiger partial charge on any atom is 0.0992 e. The van der Waals surface area contributed by atoms with Gasteiger partial charge >= 0.3 is 0 Å². The maximum absolute atomic E-state index is 9.42. The summed E-state index contributed by atoms with van der Waals surface area (Å²) in [6.07, 6.45) is 1.36. The van der Waals surface area contributed by atoms with Gasteiger partial charge in [0, 0.05) is 13.1 Å². The summed E-state index contributed by atoms with van der Waals surface area (Å²) < 4.78 is 0. The fraction of sp³-hybridized carbons (Fsp3) is 0.417. The molecule has 16 heavy (non-hydrogen) atoms. The first-order valence-electron chi connectivity index (χ1n) is 5.33. The number of hydrogen-bond acceptors (Lipinski definition) is 3. The molecule has 1 aliphatic heterocycles. The average Bonchev–Trinajstić information content (AvgIpc) is 2.30. The molecule has 0 bridgehead atoms. The molecule has 1 N–H and O–H groups in total. The van der Waals surface area contributed by atoms with Crippen molar-refractivity contribution in [3.63, 3.8) is 0 Å². The van der Waals surface area contributed by atoms with Gasteiger partial charge in [-0.25, -0.2) is 0 Å².